The zero-order chi connectivity index (χ0) is 41.6. The minimum absolute atomic E-state index is 0.120. The first-order valence-electron chi connectivity index (χ1n) is 19.8. The third kappa shape index (κ3) is 8.09. The number of rotatable bonds is 10. The van der Waals surface area contributed by atoms with Gasteiger partial charge >= 0.3 is 0 Å². The number of fused-ring (bicyclic) bond motifs is 3. The lowest BCUT2D eigenvalue weighted by atomic mass is 9.85. The molecular formula is C44H52N8O4S2. The summed E-state index contributed by atoms with van der Waals surface area (Å²) in [7, 11) is 0. The number of hydrogen-bond donors (Lipinski definition) is 2. The van der Waals surface area contributed by atoms with Gasteiger partial charge in [-0.1, -0.05) is 52.0 Å². The standard InChI is InChI=1S/C44H52N8O4S2/c1-23-19-34(41(54)47-25(3)30-11-13-32(14-12-30)38-26(4)45-22-57-38)51(20-23)42(55)39(44(8,9)10)48-35(53)21-56-33-17-15-31(16-18-33)37-36-24(2)28(6)58-43(36)52-29(7)49-50-40(52)27(5)46-37/h11-18,22-23,25,27,34,39H,19-21H2,1-10H3,(H,47,54)(H,48,53)/t23-,25+,27+,34+,39?/m1/s1. The molecule has 0 aliphatic carbocycles. The molecule has 58 heavy (non-hydrogen) atoms. The predicted octanol–water partition coefficient (Wildman–Crippen LogP) is 7.62. The number of likely N-dealkylation sites (tertiary alicyclic amines) is 1. The molecule has 304 valence electrons. The van der Waals surface area contributed by atoms with Gasteiger partial charge in [0.25, 0.3) is 5.91 Å². The number of hydrogen-bond acceptors (Lipinski definition) is 10. The maximum Gasteiger partial charge on any atom is 0.258 e. The summed E-state index contributed by atoms with van der Waals surface area (Å²) >= 11 is 3.31. The van der Waals surface area contributed by atoms with Crippen molar-refractivity contribution < 1.29 is 19.1 Å². The van der Waals surface area contributed by atoms with Crippen molar-refractivity contribution in [1.29, 1.82) is 0 Å². The third-order valence-electron chi connectivity index (χ3n) is 11.1. The highest BCUT2D eigenvalue weighted by Gasteiger charge is 2.44. The second kappa shape index (κ2) is 16.2. The van der Waals surface area contributed by atoms with E-state index in [1.54, 1.807) is 27.6 Å². The van der Waals surface area contributed by atoms with E-state index in [0.717, 1.165) is 55.2 Å². The van der Waals surface area contributed by atoms with Crippen LogP contribution in [0.3, 0.4) is 0 Å². The summed E-state index contributed by atoms with van der Waals surface area (Å²) in [5, 5.41) is 15.9. The Labute approximate surface area is 348 Å². The van der Waals surface area contributed by atoms with Crippen molar-refractivity contribution in [2.24, 2.45) is 16.3 Å². The molecule has 1 fully saturated rings. The number of carbonyl (C=O) groups is 3. The molecule has 14 heteroatoms. The van der Waals surface area contributed by atoms with E-state index in [1.165, 1.54) is 10.4 Å². The van der Waals surface area contributed by atoms with Crippen LogP contribution in [-0.4, -0.2) is 73.3 Å². The maximum atomic E-state index is 14.3. The van der Waals surface area contributed by atoms with Gasteiger partial charge in [-0.3, -0.25) is 23.9 Å². The van der Waals surface area contributed by atoms with E-state index in [4.69, 9.17) is 9.73 Å². The average molecular weight is 821 g/mol. The van der Waals surface area contributed by atoms with Crippen LogP contribution < -0.4 is 15.4 Å². The minimum atomic E-state index is -0.873. The second-order valence-corrected chi connectivity index (χ2v) is 18.8. The van der Waals surface area contributed by atoms with E-state index < -0.39 is 23.4 Å². The summed E-state index contributed by atoms with van der Waals surface area (Å²) in [5.74, 6) is 1.35. The van der Waals surface area contributed by atoms with E-state index in [2.05, 4.69) is 44.2 Å². The largest absolute Gasteiger partial charge is 0.484 e. The van der Waals surface area contributed by atoms with Crippen molar-refractivity contribution >= 4 is 46.1 Å². The molecule has 12 nitrogen and oxygen atoms in total. The quantitative estimate of drug-likeness (QED) is 0.148. The van der Waals surface area contributed by atoms with E-state index in [0.29, 0.717) is 18.7 Å². The smallest absolute Gasteiger partial charge is 0.258 e. The molecule has 0 radical (unpaired) electrons. The van der Waals surface area contributed by atoms with Gasteiger partial charge in [0.05, 0.1) is 27.8 Å². The van der Waals surface area contributed by atoms with Gasteiger partial charge in [0, 0.05) is 22.5 Å². The van der Waals surface area contributed by atoms with Crippen LogP contribution in [0.25, 0.3) is 15.4 Å². The fourth-order valence-corrected chi connectivity index (χ4v) is 9.81. The summed E-state index contributed by atoms with van der Waals surface area (Å²) in [6.07, 6.45) is 0.539. The van der Waals surface area contributed by atoms with E-state index in [9.17, 15) is 14.4 Å². The Kier molecular flexibility index (Phi) is 11.4. The number of nitrogens with zero attached hydrogens (tertiary/aromatic N) is 6. The highest BCUT2D eigenvalue weighted by atomic mass is 32.1. The van der Waals surface area contributed by atoms with Crippen LogP contribution in [0.4, 0.5) is 0 Å². The summed E-state index contributed by atoms with van der Waals surface area (Å²) in [6.45, 7) is 20.1. The molecule has 5 heterocycles. The Morgan fingerprint density at radius 1 is 0.948 bits per heavy atom. The molecule has 2 aromatic carbocycles. The van der Waals surface area contributed by atoms with Crippen LogP contribution in [0.5, 0.6) is 5.75 Å². The molecule has 3 amide bonds. The van der Waals surface area contributed by atoms with Crippen LogP contribution in [0.2, 0.25) is 0 Å². The van der Waals surface area contributed by atoms with Crippen molar-refractivity contribution in [2.75, 3.05) is 13.2 Å². The maximum absolute atomic E-state index is 14.3. The molecule has 3 aromatic heterocycles. The van der Waals surface area contributed by atoms with E-state index in [1.807, 2.05) is 109 Å². The Morgan fingerprint density at radius 3 is 2.29 bits per heavy atom. The molecule has 0 saturated carbocycles. The molecule has 1 saturated heterocycles. The second-order valence-electron chi connectivity index (χ2n) is 16.7. The van der Waals surface area contributed by atoms with Crippen molar-refractivity contribution in [1.82, 2.24) is 35.3 Å². The number of nitrogens with one attached hydrogen (secondary N) is 2. The first-order chi connectivity index (χ1) is 27.5. The van der Waals surface area contributed by atoms with Crippen molar-refractivity contribution in [3.63, 3.8) is 0 Å². The number of thiophene rings is 1. The summed E-state index contributed by atoms with van der Waals surface area (Å²) in [6, 6.07) is 13.7. The average Bonchev–Trinajstić information content (AvgIpc) is 3.95. The molecular weight excluding hydrogens is 769 g/mol. The fourth-order valence-electron chi connectivity index (χ4n) is 7.79. The van der Waals surface area contributed by atoms with Gasteiger partial charge in [0.2, 0.25) is 11.8 Å². The van der Waals surface area contributed by atoms with Gasteiger partial charge in [-0.05, 0) is 100 Å². The number of benzene rings is 2. The highest BCUT2D eigenvalue weighted by molar-refractivity contribution is 7.15. The molecule has 7 rings (SSSR count). The van der Waals surface area contributed by atoms with Gasteiger partial charge in [0.15, 0.2) is 12.4 Å². The van der Waals surface area contributed by atoms with Crippen molar-refractivity contribution in [3.8, 4) is 21.2 Å². The van der Waals surface area contributed by atoms with Gasteiger partial charge in [0.1, 0.15) is 34.7 Å². The van der Waals surface area contributed by atoms with Gasteiger partial charge < -0.3 is 20.3 Å². The number of aliphatic imine (C=N–C) groups is 1. The molecule has 0 bridgehead atoms. The summed E-state index contributed by atoms with van der Waals surface area (Å²) in [4.78, 5) is 55.0. The third-order valence-corrected chi connectivity index (χ3v) is 13.3. The zero-order valence-electron chi connectivity index (χ0n) is 34.8. The van der Waals surface area contributed by atoms with E-state index in [-0.39, 0.29) is 36.4 Å². The molecule has 2 aliphatic rings. The highest BCUT2D eigenvalue weighted by Crippen LogP contribution is 2.39. The Bertz CT molecular complexity index is 2370. The number of amides is 3. The lowest BCUT2D eigenvalue weighted by molar-refractivity contribution is -0.144. The van der Waals surface area contributed by atoms with Gasteiger partial charge in [-0.2, -0.15) is 0 Å². The van der Waals surface area contributed by atoms with Crippen LogP contribution >= 0.6 is 22.7 Å². The van der Waals surface area contributed by atoms with Crippen molar-refractivity contribution in [2.45, 2.75) is 99.8 Å². The number of ether oxygens (including phenoxy) is 1. The first-order valence-corrected chi connectivity index (χ1v) is 21.5. The topological polar surface area (TPSA) is 144 Å². The van der Waals surface area contributed by atoms with Gasteiger partial charge in [-0.25, -0.2) is 4.98 Å². The number of carbonyl (C=O) groups excluding carboxylic acids is 3. The fraction of sp³-hybridized carbons (Fsp3) is 0.432. The normalized spacial score (nSPS) is 18.8. The van der Waals surface area contributed by atoms with Crippen LogP contribution in [-0.2, 0) is 14.4 Å². The minimum Gasteiger partial charge on any atom is -0.484 e. The van der Waals surface area contributed by atoms with Crippen LogP contribution in [0.1, 0.15) is 105 Å². The lowest BCUT2D eigenvalue weighted by Gasteiger charge is -2.35. The Balaban J connectivity index is 0.996. The van der Waals surface area contributed by atoms with Crippen LogP contribution in [0.15, 0.2) is 59.0 Å². The molecule has 2 N–H and O–H groups in total. The Morgan fingerprint density at radius 2 is 1.64 bits per heavy atom. The first kappa shape index (κ1) is 41.0. The van der Waals surface area contributed by atoms with Crippen molar-refractivity contribution in [3.05, 3.63) is 98.5 Å². The SMILES string of the molecule is Cc1ncsc1-c1ccc([C@H](C)NC(=O)[C@@H]2C[C@@H](C)CN2C(=O)C(NC(=O)COc2ccc(C3=N[C@@H](C)c4nnc(C)n4-c4sc(C)c(C)c43)cc2)C(C)(C)C)cc1. The molecule has 0 spiro atoms. The Hall–Kier alpha value is -5.21. The molecule has 2 aliphatic heterocycles. The number of thiazole rings is 1. The lowest BCUT2D eigenvalue weighted by Crippen LogP contribution is -2.58. The molecule has 1 unspecified atom stereocenters. The van der Waals surface area contributed by atoms with Crippen LogP contribution in [0, 0.1) is 39.0 Å². The van der Waals surface area contributed by atoms with E-state index >= 15 is 0 Å². The molecule has 5 aromatic rings. The summed E-state index contributed by atoms with van der Waals surface area (Å²) in [5.41, 5.74) is 8.28. The number of aromatic nitrogens is 4. The summed E-state index contributed by atoms with van der Waals surface area (Å²) < 4.78 is 8.07. The zero-order valence-corrected chi connectivity index (χ0v) is 36.5. The number of aryl methyl sites for hydroxylation is 3. The monoisotopic (exact) mass is 820 g/mol. The van der Waals surface area contributed by atoms with Gasteiger partial charge in [-0.15, -0.1) is 32.9 Å². The predicted molar refractivity (Wildman–Crippen MR) is 229 cm³/mol. The molecule has 5 atom stereocenters.